The van der Waals surface area contributed by atoms with Crippen LogP contribution in [0.3, 0.4) is 0 Å². The summed E-state index contributed by atoms with van der Waals surface area (Å²) in [4.78, 5) is 4.65. The van der Waals surface area contributed by atoms with Gasteiger partial charge in [0.15, 0.2) is 0 Å². The van der Waals surface area contributed by atoms with Crippen molar-refractivity contribution in [2.45, 2.75) is 6.61 Å². The van der Waals surface area contributed by atoms with Gasteiger partial charge in [-0.25, -0.2) is 4.98 Å². The van der Waals surface area contributed by atoms with E-state index in [1.54, 1.807) is 0 Å². The first kappa shape index (κ1) is 14.9. The molecule has 2 aromatic carbocycles. The average Bonchev–Trinajstić information content (AvgIpc) is 3.05. The van der Waals surface area contributed by atoms with Crippen LogP contribution in [0.4, 0.5) is 0 Å². The highest BCUT2D eigenvalue weighted by Gasteiger charge is 2.08. The predicted octanol–water partition coefficient (Wildman–Crippen LogP) is 4.81. The van der Waals surface area contributed by atoms with Crippen molar-refractivity contribution in [1.82, 2.24) is 9.38 Å². The van der Waals surface area contributed by atoms with E-state index in [1.165, 1.54) is 0 Å². The van der Waals surface area contributed by atoms with Gasteiger partial charge < -0.3 is 9.51 Å². The summed E-state index contributed by atoms with van der Waals surface area (Å²) in [7, 11) is 0. The second kappa shape index (κ2) is 6.11. The number of aliphatic hydroxyl groups is 1. The maximum atomic E-state index is 9.31. The quantitative estimate of drug-likeness (QED) is 0.583. The number of aliphatic hydroxyl groups excluding tert-OH is 1. The van der Waals surface area contributed by atoms with Crippen LogP contribution in [-0.2, 0) is 6.61 Å². The van der Waals surface area contributed by atoms with E-state index < -0.39 is 0 Å². The first-order valence-corrected chi connectivity index (χ1v) is 8.06. The van der Waals surface area contributed by atoms with Crippen molar-refractivity contribution in [3.63, 3.8) is 0 Å². The van der Waals surface area contributed by atoms with Gasteiger partial charge in [0.25, 0.3) is 0 Å². The number of fused-ring (bicyclic) bond motifs is 1. The lowest BCUT2D eigenvalue weighted by Gasteiger charge is -2.04. The Morgan fingerprint density at radius 3 is 2.62 bits per heavy atom. The van der Waals surface area contributed by atoms with Gasteiger partial charge in [-0.3, -0.25) is 0 Å². The summed E-state index contributed by atoms with van der Waals surface area (Å²) in [5.41, 5.74) is 5.67. The zero-order chi connectivity index (χ0) is 16.5. The van der Waals surface area contributed by atoms with Gasteiger partial charge in [-0.05, 0) is 41.0 Å². The Hall–Kier alpha value is -2.62. The highest BCUT2D eigenvalue weighted by Crippen LogP contribution is 2.28. The summed E-state index contributed by atoms with van der Waals surface area (Å²) < 4.78 is 2.00. The molecular formula is C20H15ClN2O. The van der Waals surface area contributed by atoms with Gasteiger partial charge in [-0.1, -0.05) is 48.0 Å². The summed E-state index contributed by atoms with van der Waals surface area (Å²) >= 11 is 6.27. The van der Waals surface area contributed by atoms with Gasteiger partial charge in [0.05, 0.1) is 17.3 Å². The van der Waals surface area contributed by atoms with Crippen LogP contribution in [0.25, 0.3) is 28.0 Å². The van der Waals surface area contributed by atoms with Crippen molar-refractivity contribution >= 4 is 17.2 Å². The third-order valence-corrected chi connectivity index (χ3v) is 4.37. The highest BCUT2D eigenvalue weighted by atomic mass is 35.5. The van der Waals surface area contributed by atoms with Gasteiger partial charge in [-0.2, -0.15) is 0 Å². The second-order valence-electron chi connectivity index (χ2n) is 5.65. The van der Waals surface area contributed by atoms with Crippen LogP contribution < -0.4 is 0 Å². The predicted molar refractivity (Wildman–Crippen MR) is 97.0 cm³/mol. The van der Waals surface area contributed by atoms with Crippen molar-refractivity contribution < 1.29 is 5.11 Å². The molecule has 0 atom stereocenters. The van der Waals surface area contributed by atoms with Gasteiger partial charge in [0, 0.05) is 18.0 Å². The molecule has 4 heteroatoms. The zero-order valence-electron chi connectivity index (χ0n) is 12.9. The topological polar surface area (TPSA) is 37.5 Å². The van der Waals surface area contributed by atoms with Gasteiger partial charge in [0.1, 0.15) is 5.65 Å². The molecule has 0 radical (unpaired) electrons. The molecule has 4 aromatic rings. The van der Waals surface area contributed by atoms with Gasteiger partial charge >= 0.3 is 0 Å². The molecule has 1 N–H and O–H groups in total. The van der Waals surface area contributed by atoms with E-state index in [9.17, 15) is 5.11 Å². The molecule has 0 aliphatic heterocycles. The summed E-state index contributed by atoms with van der Waals surface area (Å²) in [6.45, 7) is 0.0395. The van der Waals surface area contributed by atoms with Crippen LogP contribution in [0.15, 0.2) is 73.1 Å². The minimum atomic E-state index is 0.0395. The van der Waals surface area contributed by atoms with Crippen LogP contribution >= 0.6 is 11.6 Å². The molecule has 0 spiro atoms. The number of pyridine rings is 1. The van der Waals surface area contributed by atoms with Crippen LogP contribution in [0.1, 0.15) is 5.56 Å². The molecule has 3 nitrogen and oxygen atoms in total. The number of benzene rings is 2. The van der Waals surface area contributed by atoms with Gasteiger partial charge in [0.2, 0.25) is 0 Å². The summed E-state index contributed by atoms with van der Waals surface area (Å²) in [5, 5.41) is 10.00. The van der Waals surface area contributed by atoms with Crippen molar-refractivity contribution in [3.8, 4) is 22.4 Å². The van der Waals surface area contributed by atoms with E-state index in [-0.39, 0.29) is 6.61 Å². The maximum Gasteiger partial charge on any atom is 0.137 e. The zero-order valence-corrected chi connectivity index (χ0v) is 13.6. The fraction of sp³-hybridized carbons (Fsp3) is 0.0500. The standard InChI is InChI=1S/C20H15ClN2O/c21-18-7-2-1-6-17(18)19-12-23-11-16(8-9-20(23)22-19)15-5-3-4-14(10-15)13-24/h1-12,24H,13H2. The second-order valence-corrected chi connectivity index (χ2v) is 6.05. The Balaban J connectivity index is 1.80. The average molecular weight is 335 g/mol. The van der Waals surface area contributed by atoms with Crippen molar-refractivity contribution in [2.24, 2.45) is 0 Å². The molecule has 4 rings (SSSR count). The number of hydrogen-bond donors (Lipinski definition) is 1. The number of hydrogen-bond acceptors (Lipinski definition) is 2. The Morgan fingerprint density at radius 1 is 0.917 bits per heavy atom. The fourth-order valence-corrected chi connectivity index (χ4v) is 3.04. The van der Waals surface area contributed by atoms with Crippen molar-refractivity contribution in [1.29, 1.82) is 0 Å². The lowest BCUT2D eigenvalue weighted by molar-refractivity contribution is 0.282. The monoisotopic (exact) mass is 334 g/mol. The smallest absolute Gasteiger partial charge is 0.137 e. The Kier molecular flexibility index (Phi) is 3.81. The minimum absolute atomic E-state index is 0.0395. The van der Waals surface area contributed by atoms with Crippen molar-refractivity contribution in [2.75, 3.05) is 0 Å². The Bertz CT molecular complexity index is 1020. The molecule has 0 unspecified atom stereocenters. The van der Waals surface area contributed by atoms with Crippen LogP contribution in [0.5, 0.6) is 0 Å². The van der Waals surface area contributed by atoms with E-state index in [2.05, 4.69) is 4.98 Å². The van der Waals surface area contributed by atoms with E-state index >= 15 is 0 Å². The molecule has 2 heterocycles. The van der Waals surface area contributed by atoms with Crippen LogP contribution in [0.2, 0.25) is 5.02 Å². The van der Waals surface area contributed by atoms with Crippen molar-refractivity contribution in [3.05, 3.63) is 83.6 Å². The van der Waals surface area contributed by atoms with E-state index in [0.717, 1.165) is 33.6 Å². The number of halogens is 1. The molecule has 0 bridgehead atoms. The maximum absolute atomic E-state index is 9.31. The molecule has 0 aliphatic carbocycles. The molecule has 0 saturated carbocycles. The molecule has 118 valence electrons. The Morgan fingerprint density at radius 2 is 1.79 bits per heavy atom. The third-order valence-electron chi connectivity index (χ3n) is 4.04. The number of aromatic nitrogens is 2. The molecule has 2 aromatic heterocycles. The van der Waals surface area contributed by atoms with Crippen LogP contribution in [-0.4, -0.2) is 14.5 Å². The first-order valence-electron chi connectivity index (χ1n) is 7.68. The lowest BCUT2D eigenvalue weighted by atomic mass is 10.1. The van der Waals surface area contributed by atoms with E-state index in [1.807, 2.05) is 77.5 Å². The van der Waals surface area contributed by atoms with E-state index in [4.69, 9.17) is 11.6 Å². The largest absolute Gasteiger partial charge is 0.392 e. The highest BCUT2D eigenvalue weighted by molar-refractivity contribution is 6.33. The summed E-state index contributed by atoms with van der Waals surface area (Å²) in [6, 6.07) is 19.6. The van der Waals surface area contributed by atoms with Gasteiger partial charge in [-0.15, -0.1) is 0 Å². The normalized spacial score (nSPS) is 11.1. The first-order chi connectivity index (χ1) is 11.7. The SMILES string of the molecule is OCc1cccc(-c2ccc3nc(-c4ccccc4Cl)cn3c2)c1. The third kappa shape index (κ3) is 2.68. The molecule has 0 amide bonds. The summed E-state index contributed by atoms with van der Waals surface area (Å²) in [6.07, 6.45) is 4.02. The lowest BCUT2D eigenvalue weighted by Crippen LogP contribution is -1.87. The molecule has 0 saturated heterocycles. The van der Waals surface area contributed by atoms with Crippen LogP contribution in [0, 0.1) is 0 Å². The minimum Gasteiger partial charge on any atom is -0.392 e. The number of rotatable bonds is 3. The molecule has 0 fully saturated rings. The molecule has 0 aliphatic rings. The number of imidazole rings is 1. The number of nitrogens with zero attached hydrogens (tertiary/aromatic N) is 2. The molecular weight excluding hydrogens is 320 g/mol. The summed E-state index contributed by atoms with van der Waals surface area (Å²) in [5.74, 6) is 0. The fourth-order valence-electron chi connectivity index (χ4n) is 2.81. The molecule has 24 heavy (non-hydrogen) atoms. The van der Waals surface area contributed by atoms with E-state index in [0.29, 0.717) is 5.02 Å². The Labute approximate surface area is 144 Å².